The summed E-state index contributed by atoms with van der Waals surface area (Å²) in [6.07, 6.45) is 2.38. The molecule has 1 fully saturated rings. The van der Waals surface area contributed by atoms with E-state index in [-0.39, 0.29) is 12.1 Å². The van der Waals surface area contributed by atoms with Crippen LogP contribution in [0.1, 0.15) is 39.2 Å². The Morgan fingerprint density at radius 3 is 1.74 bits per heavy atom. The first-order chi connectivity index (χ1) is 18.3. The Bertz CT molecular complexity index is 1390. The molecular weight excluding hydrogens is 510 g/mol. The summed E-state index contributed by atoms with van der Waals surface area (Å²) in [4.78, 5) is 15.1. The van der Waals surface area contributed by atoms with Crippen molar-refractivity contribution < 1.29 is 28.5 Å². The van der Waals surface area contributed by atoms with Gasteiger partial charge in [-0.15, -0.1) is 0 Å². The largest absolute Gasteiger partial charge is 0.493 e. The molecule has 1 aliphatic heterocycles. The molecule has 8 heteroatoms. The molecule has 0 spiro atoms. The number of rotatable bonds is 7. The number of benzene rings is 3. The van der Waals surface area contributed by atoms with Gasteiger partial charge < -0.3 is 28.6 Å². The molecule has 1 amide bonds. The molecule has 0 radical (unpaired) electrons. The highest BCUT2D eigenvalue weighted by atomic mass is 28.3. The molecule has 0 unspecified atom stereocenters. The van der Waals surface area contributed by atoms with E-state index in [0.29, 0.717) is 29.5 Å². The van der Waals surface area contributed by atoms with Crippen LogP contribution in [0.5, 0.6) is 23.0 Å². The van der Waals surface area contributed by atoms with Gasteiger partial charge in [-0.2, -0.15) is 0 Å². The van der Waals surface area contributed by atoms with Crippen LogP contribution in [-0.2, 0) is 11.2 Å². The lowest BCUT2D eigenvalue weighted by atomic mass is 9.92. The molecule has 1 heterocycles. The number of hydrogen-bond acceptors (Lipinski definition) is 6. The highest BCUT2D eigenvalue weighted by Gasteiger charge is 2.35. The third-order valence-electron chi connectivity index (χ3n) is 7.43. The number of hydrogen-bond donors (Lipinski definition) is 0. The number of fused-ring (bicyclic) bond motifs is 3. The fraction of sp³-hybridized carbons (Fsp3) is 0.516. The summed E-state index contributed by atoms with van der Waals surface area (Å²) in [6, 6.07) is 8.37. The highest BCUT2D eigenvalue weighted by Crippen LogP contribution is 2.42. The quantitative estimate of drug-likeness (QED) is 0.245. The van der Waals surface area contributed by atoms with Crippen molar-refractivity contribution in [1.82, 2.24) is 4.90 Å². The van der Waals surface area contributed by atoms with Gasteiger partial charge in [0.25, 0.3) is 0 Å². The van der Waals surface area contributed by atoms with Gasteiger partial charge in [-0.1, -0.05) is 19.6 Å². The van der Waals surface area contributed by atoms with Crippen molar-refractivity contribution in [3.63, 3.8) is 0 Å². The summed E-state index contributed by atoms with van der Waals surface area (Å²) < 4.78 is 28.7. The SMILES string of the molecule is COc1cc2c(C[C@@H]3CCCN3C(=O)OC(C)(C)C)c([Si](C)(C)C)c3cc(OC)c(OC)cc3c2cc1OC. The van der Waals surface area contributed by atoms with Gasteiger partial charge in [-0.05, 0) is 96.6 Å². The first kappa shape index (κ1) is 28.9. The third kappa shape index (κ3) is 5.62. The first-order valence-corrected chi connectivity index (χ1v) is 17.1. The lowest BCUT2D eigenvalue weighted by molar-refractivity contribution is 0.0227. The van der Waals surface area contributed by atoms with Gasteiger partial charge in [0.1, 0.15) is 5.60 Å². The van der Waals surface area contributed by atoms with Crippen LogP contribution in [0.15, 0.2) is 24.3 Å². The van der Waals surface area contributed by atoms with Crippen molar-refractivity contribution in [3.05, 3.63) is 29.8 Å². The number of ether oxygens (including phenoxy) is 5. The maximum absolute atomic E-state index is 13.2. The second-order valence-corrected chi connectivity index (χ2v) is 17.3. The molecule has 212 valence electrons. The van der Waals surface area contributed by atoms with E-state index >= 15 is 0 Å². The second-order valence-electron chi connectivity index (χ2n) is 12.3. The fourth-order valence-electron chi connectivity index (χ4n) is 5.87. The van der Waals surface area contributed by atoms with Crippen LogP contribution in [-0.4, -0.2) is 65.7 Å². The van der Waals surface area contributed by atoms with Gasteiger partial charge >= 0.3 is 6.09 Å². The Morgan fingerprint density at radius 1 is 0.821 bits per heavy atom. The van der Waals surface area contributed by atoms with E-state index in [0.717, 1.165) is 40.8 Å². The highest BCUT2D eigenvalue weighted by molar-refractivity contribution is 6.91. The number of methoxy groups -OCH3 is 4. The molecule has 4 rings (SSSR count). The molecule has 1 atom stereocenters. The van der Waals surface area contributed by atoms with E-state index in [1.807, 2.05) is 25.7 Å². The van der Waals surface area contributed by atoms with Crippen LogP contribution in [0.4, 0.5) is 4.79 Å². The molecule has 3 aromatic carbocycles. The minimum atomic E-state index is -1.93. The van der Waals surface area contributed by atoms with Crippen LogP contribution >= 0.6 is 0 Å². The van der Waals surface area contributed by atoms with Gasteiger partial charge in [-0.25, -0.2) is 4.79 Å². The lowest BCUT2D eigenvalue weighted by Crippen LogP contribution is -2.44. The number of carbonyl (C=O) groups is 1. The van der Waals surface area contributed by atoms with Crippen molar-refractivity contribution in [2.24, 2.45) is 0 Å². The van der Waals surface area contributed by atoms with Crippen molar-refractivity contribution in [2.45, 2.75) is 71.3 Å². The average molecular weight is 554 g/mol. The van der Waals surface area contributed by atoms with Crippen LogP contribution in [0.25, 0.3) is 21.5 Å². The van der Waals surface area contributed by atoms with Crippen molar-refractivity contribution >= 4 is 40.9 Å². The molecule has 3 aromatic rings. The molecule has 0 aliphatic carbocycles. The van der Waals surface area contributed by atoms with Gasteiger partial charge in [0.15, 0.2) is 23.0 Å². The van der Waals surface area contributed by atoms with Gasteiger partial charge in [-0.3, -0.25) is 0 Å². The molecule has 0 aromatic heterocycles. The van der Waals surface area contributed by atoms with Crippen molar-refractivity contribution in [1.29, 1.82) is 0 Å². The van der Waals surface area contributed by atoms with E-state index in [1.165, 1.54) is 10.8 Å². The Hall–Kier alpha value is -3.13. The molecule has 39 heavy (non-hydrogen) atoms. The van der Waals surface area contributed by atoms with Crippen LogP contribution < -0.4 is 24.1 Å². The Morgan fingerprint density at radius 2 is 1.28 bits per heavy atom. The predicted molar refractivity (Wildman–Crippen MR) is 160 cm³/mol. The number of amides is 1. The maximum atomic E-state index is 13.2. The number of carbonyl (C=O) groups excluding carboxylic acids is 1. The predicted octanol–water partition coefficient (Wildman–Crippen LogP) is 6.51. The van der Waals surface area contributed by atoms with E-state index in [9.17, 15) is 4.79 Å². The van der Waals surface area contributed by atoms with Crippen molar-refractivity contribution in [3.8, 4) is 23.0 Å². The minimum Gasteiger partial charge on any atom is -0.493 e. The first-order valence-electron chi connectivity index (χ1n) is 13.6. The Labute approximate surface area is 233 Å². The van der Waals surface area contributed by atoms with Crippen LogP contribution in [0.2, 0.25) is 19.6 Å². The Kier molecular flexibility index (Phi) is 7.99. The zero-order valence-corrected chi connectivity index (χ0v) is 26.1. The average Bonchev–Trinajstić information content (AvgIpc) is 3.33. The summed E-state index contributed by atoms with van der Waals surface area (Å²) in [5.41, 5.74) is 0.716. The molecule has 0 N–H and O–H groups in total. The monoisotopic (exact) mass is 553 g/mol. The topological polar surface area (TPSA) is 66.5 Å². The molecular formula is C31H43NO6Si. The summed E-state index contributed by atoms with van der Waals surface area (Å²) >= 11 is 0. The minimum absolute atomic E-state index is 0.0452. The Balaban J connectivity index is 2.04. The molecule has 0 saturated carbocycles. The molecule has 1 aliphatic rings. The van der Waals surface area contributed by atoms with E-state index in [4.69, 9.17) is 23.7 Å². The lowest BCUT2D eigenvalue weighted by Gasteiger charge is -2.32. The smallest absolute Gasteiger partial charge is 0.410 e. The van der Waals surface area contributed by atoms with E-state index in [1.54, 1.807) is 28.4 Å². The van der Waals surface area contributed by atoms with Gasteiger partial charge in [0.05, 0.1) is 36.5 Å². The molecule has 0 bridgehead atoms. The van der Waals surface area contributed by atoms with Gasteiger partial charge in [0, 0.05) is 12.6 Å². The van der Waals surface area contributed by atoms with Crippen LogP contribution in [0.3, 0.4) is 0 Å². The summed E-state index contributed by atoms with van der Waals surface area (Å²) in [7, 11) is 4.72. The third-order valence-corrected chi connectivity index (χ3v) is 9.50. The van der Waals surface area contributed by atoms with E-state index in [2.05, 4.69) is 43.9 Å². The summed E-state index contributed by atoms with van der Waals surface area (Å²) in [6.45, 7) is 13.6. The number of likely N-dealkylation sites (tertiary alicyclic amines) is 1. The van der Waals surface area contributed by atoms with Crippen LogP contribution in [0, 0.1) is 0 Å². The molecule has 1 saturated heterocycles. The standard InChI is InChI=1S/C31H43NO6Si/c1-31(2,3)38-30(33)32-13-11-12-19(32)14-23-21-16-26(35-5)25(34-4)15-20(21)22-17-27(36-6)28(37-7)18-24(22)29(23)39(8,9)10/h15-19H,11-14H2,1-10H3/t19-/m0/s1. The normalized spacial score (nSPS) is 16.1. The fourth-order valence-corrected chi connectivity index (χ4v) is 8.03. The zero-order valence-electron chi connectivity index (χ0n) is 25.1. The maximum Gasteiger partial charge on any atom is 0.410 e. The second kappa shape index (κ2) is 10.8. The number of nitrogens with zero attached hydrogens (tertiary/aromatic N) is 1. The van der Waals surface area contributed by atoms with Gasteiger partial charge in [0.2, 0.25) is 0 Å². The summed E-state index contributed by atoms with van der Waals surface area (Å²) in [5, 5.41) is 5.76. The van der Waals surface area contributed by atoms with Crippen molar-refractivity contribution in [2.75, 3.05) is 35.0 Å². The van der Waals surface area contributed by atoms with E-state index < -0.39 is 13.7 Å². The zero-order chi connectivity index (χ0) is 28.7. The molecule has 7 nitrogen and oxygen atoms in total. The summed E-state index contributed by atoms with van der Waals surface area (Å²) in [5.74, 6) is 2.74.